The average Bonchev–Trinajstić information content (AvgIpc) is 2.32. The lowest BCUT2D eigenvalue weighted by atomic mass is 10.00. The van der Waals surface area contributed by atoms with Crippen molar-refractivity contribution in [2.45, 2.75) is 52.6 Å². The number of nitrogens with zero attached hydrogens (tertiary/aromatic N) is 1. The van der Waals surface area contributed by atoms with Crippen molar-refractivity contribution in [2.24, 2.45) is 5.92 Å². The molecule has 1 aliphatic heterocycles. The van der Waals surface area contributed by atoms with Gasteiger partial charge in [0.05, 0.1) is 5.75 Å². The Balaban J connectivity index is 2.38. The highest BCUT2D eigenvalue weighted by molar-refractivity contribution is 7.91. The summed E-state index contributed by atoms with van der Waals surface area (Å²) in [5.74, 6) is 1.29. The maximum absolute atomic E-state index is 11.5. The van der Waals surface area contributed by atoms with Gasteiger partial charge >= 0.3 is 0 Å². The highest BCUT2D eigenvalue weighted by Gasteiger charge is 2.25. The van der Waals surface area contributed by atoms with Crippen molar-refractivity contribution in [3.63, 3.8) is 0 Å². The molecule has 1 rings (SSSR count). The van der Waals surface area contributed by atoms with Crippen LogP contribution in [0.4, 0.5) is 0 Å². The van der Waals surface area contributed by atoms with Crippen molar-refractivity contribution in [3.05, 3.63) is 0 Å². The van der Waals surface area contributed by atoms with Crippen molar-refractivity contribution < 1.29 is 8.42 Å². The van der Waals surface area contributed by atoms with Gasteiger partial charge in [0.2, 0.25) is 0 Å². The van der Waals surface area contributed by atoms with E-state index in [4.69, 9.17) is 0 Å². The van der Waals surface area contributed by atoms with Crippen molar-refractivity contribution in [2.75, 3.05) is 31.1 Å². The zero-order valence-electron chi connectivity index (χ0n) is 12.9. The van der Waals surface area contributed by atoms with Crippen LogP contribution in [0.5, 0.6) is 0 Å². The lowest BCUT2D eigenvalue weighted by Crippen LogP contribution is -2.55. The SMILES string of the molecule is CCS(=O)(=O)CCCN1CC(CC(C)C)NCC1C. The normalized spacial score (nSPS) is 25.9. The lowest BCUT2D eigenvalue weighted by Gasteiger charge is -2.39. The highest BCUT2D eigenvalue weighted by Crippen LogP contribution is 2.13. The van der Waals surface area contributed by atoms with E-state index in [2.05, 4.69) is 31.0 Å². The quantitative estimate of drug-likeness (QED) is 0.772. The number of sulfone groups is 1. The number of piperazine rings is 1. The summed E-state index contributed by atoms with van der Waals surface area (Å²) >= 11 is 0. The molecule has 1 saturated heterocycles. The Labute approximate surface area is 118 Å². The van der Waals surface area contributed by atoms with Crippen LogP contribution in [0.3, 0.4) is 0 Å². The number of rotatable bonds is 7. The molecule has 1 aliphatic rings. The smallest absolute Gasteiger partial charge is 0.150 e. The third-order valence-electron chi connectivity index (χ3n) is 3.88. The Hall–Kier alpha value is -0.130. The van der Waals surface area contributed by atoms with Crippen molar-refractivity contribution >= 4 is 9.84 Å². The van der Waals surface area contributed by atoms with Gasteiger partial charge in [0.15, 0.2) is 0 Å². The van der Waals surface area contributed by atoms with Gasteiger partial charge in [0.1, 0.15) is 9.84 Å². The summed E-state index contributed by atoms with van der Waals surface area (Å²) in [6, 6.07) is 1.06. The molecular formula is C14H30N2O2S. The second-order valence-electron chi connectivity index (χ2n) is 6.17. The van der Waals surface area contributed by atoms with Crippen LogP contribution < -0.4 is 5.32 Å². The Bertz CT molecular complexity index is 354. The van der Waals surface area contributed by atoms with Crippen LogP contribution in [0.2, 0.25) is 0 Å². The van der Waals surface area contributed by atoms with Crippen molar-refractivity contribution in [1.29, 1.82) is 0 Å². The molecule has 0 saturated carbocycles. The Morgan fingerprint density at radius 2 is 2.05 bits per heavy atom. The zero-order chi connectivity index (χ0) is 14.5. The van der Waals surface area contributed by atoms with Crippen LogP contribution in [0.25, 0.3) is 0 Å². The van der Waals surface area contributed by atoms with E-state index in [0.717, 1.165) is 26.1 Å². The first kappa shape index (κ1) is 16.9. The van der Waals surface area contributed by atoms with Gasteiger partial charge in [-0.05, 0) is 32.2 Å². The van der Waals surface area contributed by atoms with Gasteiger partial charge in [-0.15, -0.1) is 0 Å². The molecule has 0 aromatic carbocycles. The zero-order valence-corrected chi connectivity index (χ0v) is 13.7. The molecule has 0 aliphatic carbocycles. The first-order chi connectivity index (χ1) is 8.84. The standard InChI is InChI=1S/C14H30N2O2S/c1-5-19(17,18)8-6-7-16-11-14(9-12(2)3)15-10-13(16)4/h12-15H,5-11H2,1-4H3. The predicted molar refractivity (Wildman–Crippen MR) is 81.2 cm³/mol. The Morgan fingerprint density at radius 1 is 1.37 bits per heavy atom. The lowest BCUT2D eigenvalue weighted by molar-refractivity contribution is 0.132. The molecule has 2 atom stereocenters. The van der Waals surface area contributed by atoms with E-state index >= 15 is 0 Å². The summed E-state index contributed by atoms with van der Waals surface area (Å²) in [5, 5.41) is 3.59. The summed E-state index contributed by atoms with van der Waals surface area (Å²) in [5.41, 5.74) is 0. The molecule has 1 fully saturated rings. The molecule has 5 heteroatoms. The molecule has 114 valence electrons. The van der Waals surface area contributed by atoms with E-state index in [9.17, 15) is 8.42 Å². The van der Waals surface area contributed by atoms with E-state index in [-0.39, 0.29) is 5.75 Å². The molecule has 0 amide bonds. The van der Waals surface area contributed by atoms with Crippen LogP contribution in [-0.4, -0.2) is 56.5 Å². The van der Waals surface area contributed by atoms with Gasteiger partial charge in [0.25, 0.3) is 0 Å². The molecule has 0 aromatic rings. The minimum absolute atomic E-state index is 0.264. The topological polar surface area (TPSA) is 49.4 Å². The number of nitrogens with one attached hydrogen (secondary N) is 1. The molecule has 4 nitrogen and oxygen atoms in total. The van der Waals surface area contributed by atoms with Gasteiger partial charge in [-0.25, -0.2) is 8.42 Å². The summed E-state index contributed by atoms with van der Waals surface area (Å²) in [7, 11) is -2.81. The fraction of sp³-hybridized carbons (Fsp3) is 1.00. The van der Waals surface area contributed by atoms with Gasteiger partial charge < -0.3 is 5.32 Å². The minimum atomic E-state index is -2.81. The van der Waals surface area contributed by atoms with Crippen LogP contribution >= 0.6 is 0 Å². The summed E-state index contributed by atoms with van der Waals surface area (Å²) < 4.78 is 23.0. The molecule has 0 aromatic heterocycles. The molecule has 0 radical (unpaired) electrons. The van der Waals surface area contributed by atoms with Gasteiger partial charge in [0, 0.05) is 30.9 Å². The van der Waals surface area contributed by atoms with Gasteiger partial charge in [-0.2, -0.15) is 0 Å². The third-order valence-corrected chi connectivity index (χ3v) is 5.67. The molecule has 1 heterocycles. The van der Waals surface area contributed by atoms with Crippen LogP contribution in [0, 0.1) is 5.92 Å². The molecule has 1 N–H and O–H groups in total. The third kappa shape index (κ3) is 6.23. The second-order valence-corrected chi connectivity index (χ2v) is 8.64. The minimum Gasteiger partial charge on any atom is -0.311 e. The van der Waals surface area contributed by atoms with Crippen LogP contribution in [0.15, 0.2) is 0 Å². The highest BCUT2D eigenvalue weighted by atomic mass is 32.2. The maximum Gasteiger partial charge on any atom is 0.150 e. The first-order valence-corrected chi connectivity index (χ1v) is 9.34. The Kier molecular flexibility index (Phi) is 6.77. The number of hydrogen-bond acceptors (Lipinski definition) is 4. The molecular weight excluding hydrogens is 260 g/mol. The second kappa shape index (κ2) is 7.60. The van der Waals surface area contributed by atoms with E-state index in [1.165, 1.54) is 6.42 Å². The van der Waals surface area contributed by atoms with Crippen LogP contribution in [0.1, 0.15) is 40.5 Å². The summed E-state index contributed by atoms with van der Waals surface area (Å²) in [6.45, 7) is 11.4. The molecule has 2 unspecified atom stereocenters. The van der Waals surface area contributed by atoms with E-state index in [1.807, 2.05) is 0 Å². The first-order valence-electron chi connectivity index (χ1n) is 7.52. The molecule has 0 bridgehead atoms. The van der Waals surface area contributed by atoms with Crippen molar-refractivity contribution in [3.8, 4) is 0 Å². The Morgan fingerprint density at radius 3 is 2.63 bits per heavy atom. The predicted octanol–water partition coefficient (Wildman–Crippen LogP) is 1.52. The largest absolute Gasteiger partial charge is 0.311 e. The molecule has 0 spiro atoms. The maximum atomic E-state index is 11.5. The van der Waals surface area contributed by atoms with E-state index < -0.39 is 9.84 Å². The van der Waals surface area contributed by atoms with Gasteiger partial charge in [-0.3, -0.25) is 4.90 Å². The number of hydrogen-bond donors (Lipinski definition) is 1. The fourth-order valence-corrected chi connectivity index (χ4v) is 3.52. The summed E-state index contributed by atoms with van der Waals surface area (Å²) in [4.78, 5) is 2.44. The van der Waals surface area contributed by atoms with Gasteiger partial charge in [-0.1, -0.05) is 20.8 Å². The molecule has 19 heavy (non-hydrogen) atoms. The fourth-order valence-electron chi connectivity index (χ4n) is 2.66. The monoisotopic (exact) mass is 290 g/mol. The van der Waals surface area contributed by atoms with Crippen LogP contribution in [-0.2, 0) is 9.84 Å². The summed E-state index contributed by atoms with van der Waals surface area (Å²) in [6.07, 6.45) is 1.95. The average molecular weight is 290 g/mol. The van der Waals surface area contributed by atoms with E-state index in [0.29, 0.717) is 23.8 Å². The van der Waals surface area contributed by atoms with E-state index in [1.54, 1.807) is 6.92 Å². The van der Waals surface area contributed by atoms with Crippen molar-refractivity contribution in [1.82, 2.24) is 10.2 Å².